The normalized spacial score (nSPS) is 18.2. The second-order valence-corrected chi connectivity index (χ2v) is 5.29. The van der Waals surface area contributed by atoms with Gasteiger partial charge in [-0.1, -0.05) is 18.2 Å². The van der Waals surface area contributed by atoms with Crippen molar-refractivity contribution in [2.24, 2.45) is 5.92 Å². The predicted octanol–water partition coefficient (Wildman–Crippen LogP) is 2.80. The molecule has 1 fully saturated rings. The molecule has 2 amide bonds. The highest BCUT2D eigenvalue weighted by Gasteiger charge is 2.29. The zero-order chi connectivity index (χ0) is 15.2. The van der Waals surface area contributed by atoms with Crippen molar-refractivity contribution in [3.05, 3.63) is 29.8 Å². The van der Waals surface area contributed by atoms with Gasteiger partial charge in [0.15, 0.2) is 0 Å². The van der Waals surface area contributed by atoms with Gasteiger partial charge in [0.2, 0.25) is 5.91 Å². The number of hydrogen-bond acceptors (Lipinski definition) is 3. The van der Waals surface area contributed by atoms with Gasteiger partial charge in [-0.3, -0.25) is 4.79 Å². The van der Waals surface area contributed by atoms with Crippen molar-refractivity contribution in [3.8, 4) is 0 Å². The summed E-state index contributed by atoms with van der Waals surface area (Å²) in [6.07, 6.45) is 1.30. The first-order valence-electron chi connectivity index (χ1n) is 7.40. The summed E-state index contributed by atoms with van der Waals surface area (Å²) >= 11 is 0. The highest BCUT2D eigenvalue weighted by molar-refractivity contribution is 5.93. The van der Waals surface area contributed by atoms with Crippen LogP contribution in [-0.4, -0.2) is 36.6 Å². The highest BCUT2D eigenvalue weighted by atomic mass is 16.6. The van der Waals surface area contributed by atoms with E-state index in [1.165, 1.54) is 0 Å². The summed E-state index contributed by atoms with van der Waals surface area (Å²) in [6, 6.07) is 7.68. The number of aryl methyl sites for hydroxylation is 1. The van der Waals surface area contributed by atoms with Gasteiger partial charge in [0, 0.05) is 18.8 Å². The van der Waals surface area contributed by atoms with E-state index in [2.05, 4.69) is 5.32 Å². The minimum atomic E-state index is -0.328. The number of benzene rings is 1. The van der Waals surface area contributed by atoms with Crippen molar-refractivity contribution in [3.63, 3.8) is 0 Å². The molecule has 5 heteroatoms. The summed E-state index contributed by atoms with van der Waals surface area (Å²) in [4.78, 5) is 25.7. The number of piperidine rings is 1. The summed E-state index contributed by atoms with van der Waals surface area (Å²) in [6.45, 7) is 5.19. The van der Waals surface area contributed by atoms with Crippen LogP contribution in [0.4, 0.5) is 10.5 Å². The molecule has 1 unspecified atom stereocenters. The Hall–Kier alpha value is -2.04. The summed E-state index contributed by atoms with van der Waals surface area (Å²) < 4.78 is 5.00. The molecular formula is C16H22N2O3. The number of anilines is 1. The number of amides is 2. The Morgan fingerprint density at radius 1 is 1.38 bits per heavy atom. The zero-order valence-corrected chi connectivity index (χ0v) is 12.6. The van der Waals surface area contributed by atoms with Crippen molar-refractivity contribution in [1.29, 1.82) is 0 Å². The summed E-state index contributed by atoms with van der Waals surface area (Å²) in [5, 5.41) is 2.95. The average Bonchev–Trinajstić information content (AvgIpc) is 2.50. The van der Waals surface area contributed by atoms with Gasteiger partial charge in [0.05, 0.1) is 12.5 Å². The molecule has 0 aromatic heterocycles. The average molecular weight is 290 g/mol. The van der Waals surface area contributed by atoms with Gasteiger partial charge in [-0.25, -0.2) is 4.79 Å². The number of ether oxygens (including phenoxy) is 1. The summed E-state index contributed by atoms with van der Waals surface area (Å²) in [7, 11) is 0. The molecule has 2 rings (SSSR count). The van der Waals surface area contributed by atoms with E-state index in [4.69, 9.17) is 4.74 Å². The first-order chi connectivity index (χ1) is 10.1. The molecule has 21 heavy (non-hydrogen) atoms. The Labute approximate surface area is 125 Å². The highest BCUT2D eigenvalue weighted by Crippen LogP contribution is 2.20. The van der Waals surface area contributed by atoms with Crippen molar-refractivity contribution in [2.75, 3.05) is 25.0 Å². The molecule has 1 atom stereocenters. The molecule has 0 saturated carbocycles. The molecule has 1 aliphatic heterocycles. The lowest BCUT2D eigenvalue weighted by atomic mass is 9.97. The minimum absolute atomic E-state index is 0.0294. The van der Waals surface area contributed by atoms with Crippen LogP contribution in [0.3, 0.4) is 0 Å². The van der Waals surface area contributed by atoms with E-state index in [-0.39, 0.29) is 17.9 Å². The smallest absolute Gasteiger partial charge is 0.409 e. The topological polar surface area (TPSA) is 58.6 Å². The third kappa shape index (κ3) is 3.97. The van der Waals surface area contributed by atoms with Gasteiger partial charge in [-0.15, -0.1) is 0 Å². The largest absolute Gasteiger partial charge is 0.450 e. The molecule has 0 aliphatic carbocycles. The van der Waals surface area contributed by atoms with Crippen LogP contribution in [0.2, 0.25) is 0 Å². The number of nitrogens with one attached hydrogen (secondary N) is 1. The third-order valence-electron chi connectivity index (χ3n) is 3.72. The van der Waals surface area contributed by atoms with Crippen LogP contribution < -0.4 is 5.32 Å². The van der Waals surface area contributed by atoms with Gasteiger partial charge >= 0.3 is 6.09 Å². The molecule has 0 spiro atoms. The van der Waals surface area contributed by atoms with Crippen LogP contribution in [-0.2, 0) is 9.53 Å². The van der Waals surface area contributed by atoms with E-state index in [1.807, 2.05) is 31.2 Å². The Bertz CT molecular complexity index is 516. The molecule has 1 heterocycles. The Morgan fingerprint density at radius 2 is 2.14 bits per heavy atom. The molecule has 5 nitrogen and oxygen atoms in total. The maximum absolute atomic E-state index is 12.4. The monoisotopic (exact) mass is 290 g/mol. The van der Waals surface area contributed by atoms with Crippen molar-refractivity contribution in [2.45, 2.75) is 26.7 Å². The first kappa shape index (κ1) is 15.4. The number of para-hydroxylation sites is 1. The molecule has 1 N–H and O–H groups in total. The van der Waals surface area contributed by atoms with Crippen molar-refractivity contribution in [1.82, 2.24) is 4.90 Å². The second-order valence-electron chi connectivity index (χ2n) is 5.29. The Morgan fingerprint density at radius 3 is 2.86 bits per heavy atom. The molecule has 114 valence electrons. The standard InChI is InChI=1S/C16H22N2O3/c1-3-21-16(20)18-10-6-8-13(11-18)15(19)17-14-9-5-4-7-12(14)2/h4-5,7,9,13H,3,6,8,10-11H2,1-2H3,(H,17,19). The molecule has 1 aromatic rings. The lowest BCUT2D eigenvalue weighted by Crippen LogP contribution is -2.44. The zero-order valence-electron chi connectivity index (χ0n) is 12.6. The number of likely N-dealkylation sites (tertiary alicyclic amines) is 1. The van der Waals surface area contributed by atoms with Crippen LogP contribution in [0.1, 0.15) is 25.3 Å². The molecule has 0 bridgehead atoms. The van der Waals surface area contributed by atoms with Crippen LogP contribution in [0, 0.1) is 12.8 Å². The van der Waals surface area contributed by atoms with Crippen LogP contribution in [0.15, 0.2) is 24.3 Å². The van der Waals surface area contributed by atoms with Crippen molar-refractivity contribution >= 4 is 17.7 Å². The number of carbonyl (C=O) groups excluding carboxylic acids is 2. The maximum Gasteiger partial charge on any atom is 0.409 e. The first-order valence-corrected chi connectivity index (χ1v) is 7.40. The fourth-order valence-corrected chi connectivity index (χ4v) is 2.52. The fraction of sp³-hybridized carbons (Fsp3) is 0.500. The molecule has 1 saturated heterocycles. The third-order valence-corrected chi connectivity index (χ3v) is 3.72. The van der Waals surface area contributed by atoms with Crippen molar-refractivity contribution < 1.29 is 14.3 Å². The van der Waals surface area contributed by atoms with Gasteiger partial charge in [-0.2, -0.15) is 0 Å². The van der Waals surface area contributed by atoms with E-state index >= 15 is 0 Å². The number of nitrogens with zero attached hydrogens (tertiary/aromatic N) is 1. The number of carbonyl (C=O) groups is 2. The summed E-state index contributed by atoms with van der Waals surface area (Å²) in [5.41, 5.74) is 1.86. The van der Waals surface area contributed by atoms with E-state index in [0.717, 1.165) is 24.1 Å². The molecule has 1 aromatic carbocycles. The quantitative estimate of drug-likeness (QED) is 0.931. The molecule has 1 aliphatic rings. The molecular weight excluding hydrogens is 268 g/mol. The number of hydrogen-bond donors (Lipinski definition) is 1. The van der Waals surface area contributed by atoms with Gasteiger partial charge < -0.3 is 15.0 Å². The lowest BCUT2D eigenvalue weighted by molar-refractivity contribution is -0.121. The van der Waals surface area contributed by atoms with E-state index in [9.17, 15) is 9.59 Å². The molecule has 0 radical (unpaired) electrons. The predicted molar refractivity (Wildman–Crippen MR) is 81.1 cm³/mol. The second kappa shape index (κ2) is 7.11. The Kier molecular flexibility index (Phi) is 5.20. The van der Waals surface area contributed by atoms with E-state index in [1.54, 1.807) is 11.8 Å². The van der Waals surface area contributed by atoms with Gasteiger partial charge in [-0.05, 0) is 38.3 Å². The van der Waals surface area contributed by atoms with Crippen LogP contribution in [0.25, 0.3) is 0 Å². The van der Waals surface area contributed by atoms with Gasteiger partial charge in [0.1, 0.15) is 0 Å². The minimum Gasteiger partial charge on any atom is -0.450 e. The number of rotatable bonds is 3. The van der Waals surface area contributed by atoms with E-state index in [0.29, 0.717) is 19.7 Å². The van der Waals surface area contributed by atoms with E-state index < -0.39 is 0 Å². The SMILES string of the molecule is CCOC(=O)N1CCCC(C(=O)Nc2ccccc2C)C1. The maximum atomic E-state index is 12.4. The van der Waals surface area contributed by atoms with Crippen LogP contribution >= 0.6 is 0 Å². The lowest BCUT2D eigenvalue weighted by Gasteiger charge is -2.31. The van der Waals surface area contributed by atoms with Crippen LogP contribution in [0.5, 0.6) is 0 Å². The van der Waals surface area contributed by atoms with Gasteiger partial charge in [0.25, 0.3) is 0 Å². The summed E-state index contributed by atoms with van der Waals surface area (Å²) in [5.74, 6) is -0.207. The Balaban J connectivity index is 1.96. The fourth-order valence-electron chi connectivity index (χ4n) is 2.52.